The van der Waals surface area contributed by atoms with Crippen LogP contribution in [0.15, 0.2) is 24.3 Å². The summed E-state index contributed by atoms with van der Waals surface area (Å²) in [4.78, 5) is 0. The molecule has 19 heavy (non-hydrogen) atoms. The van der Waals surface area contributed by atoms with Gasteiger partial charge in [-0.15, -0.1) is 0 Å². The molecule has 0 aromatic heterocycles. The van der Waals surface area contributed by atoms with E-state index in [0.29, 0.717) is 6.04 Å². The van der Waals surface area contributed by atoms with E-state index in [1.54, 1.807) is 6.07 Å². The molecule has 0 bridgehead atoms. The minimum atomic E-state index is -1.38. The zero-order valence-corrected chi connectivity index (χ0v) is 11.4. The first-order valence-corrected chi connectivity index (χ1v) is 6.78. The van der Waals surface area contributed by atoms with Gasteiger partial charge in [0.25, 0.3) is 0 Å². The number of halogens is 2. The quantitative estimate of drug-likeness (QED) is 0.908. The maximum absolute atomic E-state index is 13.0. The van der Waals surface area contributed by atoms with Crippen molar-refractivity contribution in [1.82, 2.24) is 0 Å². The van der Waals surface area contributed by atoms with Crippen LogP contribution in [0.4, 0.5) is 8.78 Å². The van der Waals surface area contributed by atoms with E-state index in [4.69, 9.17) is 5.73 Å². The molecule has 1 saturated carbocycles. The van der Waals surface area contributed by atoms with Crippen LogP contribution in [0.5, 0.6) is 0 Å². The summed E-state index contributed by atoms with van der Waals surface area (Å²) in [7, 11) is 1.38. The summed E-state index contributed by atoms with van der Waals surface area (Å²) in [6, 6.07) is 6.31. The molecule has 1 atom stereocenters. The first-order valence-electron chi connectivity index (χ1n) is 6.78. The van der Waals surface area contributed by atoms with Crippen LogP contribution in [0.25, 0.3) is 0 Å². The maximum atomic E-state index is 13.0. The second-order valence-electron chi connectivity index (χ2n) is 4.84. The maximum Gasteiger partial charge on any atom is 0.151 e. The lowest BCUT2D eigenvalue weighted by Crippen LogP contribution is -2.22. The summed E-state index contributed by atoms with van der Waals surface area (Å²) in [5.74, 6) is -0.526. The zero-order valence-electron chi connectivity index (χ0n) is 11.4. The Kier molecular flexibility index (Phi) is 7.60. The van der Waals surface area contributed by atoms with Crippen LogP contribution in [0.2, 0.25) is 0 Å². The fraction of sp³-hybridized carbons (Fsp3) is 0.600. The van der Waals surface area contributed by atoms with E-state index in [1.807, 2.05) is 0 Å². The van der Waals surface area contributed by atoms with Gasteiger partial charge in [-0.05, 0) is 18.9 Å². The Bertz CT molecular complexity index is 354. The first-order chi connectivity index (χ1) is 9.15. The molecular weight excluding hydrogens is 248 g/mol. The Morgan fingerprint density at radius 3 is 2.37 bits per heavy atom. The Hall–Kier alpha value is -1.00. The second-order valence-corrected chi connectivity index (χ2v) is 4.84. The van der Waals surface area contributed by atoms with Crippen molar-refractivity contribution in [1.29, 1.82) is 0 Å². The van der Waals surface area contributed by atoms with Crippen molar-refractivity contribution in [3.63, 3.8) is 0 Å². The lowest BCUT2D eigenvalue weighted by atomic mass is 9.97. The molecule has 2 rings (SSSR count). The van der Waals surface area contributed by atoms with E-state index in [2.05, 4.69) is 4.74 Å². The van der Waals surface area contributed by atoms with Crippen molar-refractivity contribution < 1.29 is 13.5 Å². The summed E-state index contributed by atoms with van der Waals surface area (Å²) in [6.45, 7) is -0.110. The van der Waals surface area contributed by atoms with E-state index in [1.165, 1.54) is 57.4 Å². The molecule has 1 aliphatic rings. The highest BCUT2D eigenvalue weighted by Gasteiger charge is 2.12. The van der Waals surface area contributed by atoms with Crippen LogP contribution in [-0.2, 0) is 4.74 Å². The van der Waals surface area contributed by atoms with Gasteiger partial charge >= 0.3 is 0 Å². The second kappa shape index (κ2) is 8.99. The van der Waals surface area contributed by atoms with Crippen LogP contribution in [0.1, 0.15) is 43.8 Å². The van der Waals surface area contributed by atoms with Crippen molar-refractivity contribution in [2.24, 2.45) is 5.73 Å². The summed E-state index contributed by atoms with van der Waals surface area (Å²) < 4.78 is 30.5. The Balaban J connectivity index is 0.000000218. The third-order valence-corrected chi connectivity index (χ3v) is 3.21. The Morgan fingerprint density at radius 1 is 1.26 bits per heavy atom. The smallest absolute Gasteiger partial charge is 0.151 e. The van der Waals surface area contributed by atoms with Crippen LogP contribution in [0.3, 0.4) is 0 Å². The third-order valence-electron chi connectivity index (χ3n) is 3.21. The predicted octanol–water partition coefficient (Wildman–Crippen LogP) is 3.76. The number of nitrogens with two attached hydrogens (primary N) is 1. The molecule has 0 heterocycles. The molecule has 2 nitrogen and oxygen atoms in total. The normalized spacial score (nSPS) is 17.5. The van der Waals surface area contributed by atoms with Gasteiger partial charge in [0.15, 0.2) is 6.17 Å². The van der Waals surface area contributed by atoms with Gasteiger partial charge in [-0.2, -0.15) is 0 Å². The summed E-state index contributed by atoms with van der Waals surface area (Å²) in [5.41, 5.74) is 5.69. The molecule has 1 aromatic carbocycles. The molecule has 1 aliphatic carbocycles. The van der Waals surface area contributed by atoms with E-state index < -0.39 is 12.0 Å². The van der Waals surface area contributed by atoms with Crippen LogP contribution < -0.4 is 5.73 Å². The lowest BCUT2D eigenvalue weighted by molar-refractivity contribution is 0.122. The van der Waals surface area contributed by atoms with Crippen molar-refractivity contribution in [2.45, 2.75) is 44.3 Å². The third kappa shape index (κ3) is 6.12. The van der Waals surface area contributed by atoms with Crippen LogP contribution in [-0.4, -0.2) is 19.8 Å². The Labute approximate surface area is 114 Å². The molecule has 2 N–H and O–H groups in total. The molecule has 0 amide bonds. The summed E-state index contributed by atoms with van der Waals surface area (Å²) in [6.07, 6.45) is 5.28. The van der Waals surface area contributed by atoms with Crippen LogP contribution in [0, 0.1) is 5.82 Å². The molecule has 0 aliphatic heterocycles. The molecule has 108 valence electrons. The molecule has 1 aromatic rings. The van der Waals surface area contributed by atoms with Gasteiger partial charge in [0.05, 0.1) is 6.61 Å². The van der Waals surface area contributed by atoms with Gasteiger partial charge in [-0.1, -0.05) is 37.5 Å². The van der Waals surface area contributed by atoms with Gasteiger partial charge in [0, 0.05) is 18.7 Å². The van der Waals surface area contributed by atoms with E-state index in [0.717, 1.165) is 0 Å². The van der Waals surface area contributed by atoms with Gasteiger partial charge < -0.3 is 10.5 Å². The van der Waals surface area contributed by atoms with E-state index in [9.17, 15) is 8.78 Å². The molecule has 0 saturated heterocycles. The number of rotatable bonds is 3. The lowest BCUT2D eigenvalue weighted by Gasteiger charge is -2.15. The number of ether oxygens (including phenoxy) is 1. The average Bonchev–Trinajstić information content (AvgIpc) is 2.41. The van der Waals surface area contributed by atoms with E-state index in [-0.39, 0.29) is 12.2 Å². The number of hydrogen-bond donors (Lipinski definition) is 1. The minimum absolute atomic E-state index is 0.0550. The number of alkyl halides is 1. The first kappa shape index (κ1) is 16.1. The summed E-state index contributed by atoms with van der Waals surface area (Å²) >= 11 is 0. The molecule has 0 radical (unpaired) electrons. The average molecular weight is 271 g/mol. The summed E-state index contributed by atoms with van der Waals surface area (Å²) in [5, 5.41) is 0. The highest BCUT2D eigenvalue weighted by atomic mass is 19.1. The molecule has 1 unspecified atom stereocenters. The van der Waals surface area contributed by atoms with Gasteiger partial charge in [-0.25, -0.2) is 8.78 Å². The van der Waals surface area contributed by atoms with Crippen molar-refractivity contribution in [3.05, 3.63) is 35.6 Å². The van der Waals surface area contributed by atoms with E-state index >= 15 is 0 Å². The highest BCUT2D eigenvalue weighted by molar-refractivity contribution is 5.19. The minimum Gasteiger partial charge on any atom is -0.381 e. The topological polar surface area (TPSA) is 35.2 Å². The molecule has 1 fully saturated rings. The fourth-order valence-electron chi connectivity index (χ4n) is 2.10. The Morgan fingerprint density at radius 2 is 1.89 bits per heavy atom. The van der Waals surface area contributed by atoms with Crippen molar-refractivity contribution in [3.8, 4) is 0 Å². The monoisotopic (exact) mass is 271 g/mol. The SMILES string of the molecule is COCC(F)c1ccccc1F.NC1CCCCC1. The molecular formula is C15H23F2NO. The molecule has 0 spiro atoms. The zero-order chi connectivity index (χ0) is 14.1. The number of methoxy groups -OCH3 is 1. The van der Waals surface area contributed by atoms with Gasteiger partial charge in [0.1, 0.15) is 5.82 Å². The number of hydrogen-bond acceptors (Lipinski definition) is 2. The van der Waals surface area contributed by atoms with Gasteiger partial charge in [-0.3, -0.25) is 0 Å². The van der Waals surface area contributed by atoms with Crippen molar-refractivity contribution in [2.75, 3.05) is 13.7 Å². The standard InChI is InChI=1S/C9H10F2O.C6H13N/c1-12-6-9(11)7-4-2-3-5-8(7)10;7-6-4-2-1-3-5-6/h2-5,9H,6H2,1H3;6H,1-5,7H2. The predicted molar refractivity (Wildman–Crippen MR) is 73.2 cm³/mol. The van der Waals surface area contributed by atoms with Gasteiger partial charge in [0.2, 0.25) is 0 Å². The van der Waals surface area contributed by atoms with Crippen LogP contribution >= 0.6 is 0 Å². The largest absolute Gasteiger partial charge is 0.381 e. The fourth-order valence-corrected chi connectivity index (χ4v) is 2.10. The highest BCUT2D eigenvalue weighted by Crippen LogP contribution is 2.20. The van der Waals surface area contributed by atoms with Crippen molar-refractivity contribution >= 4 is 0 Å². The number of benzene rings is 1. The molecule has 4 heteroatoms.